The van der Waals surface area contributed by atoms with E-state index in [0.717, 1.165) is 18.9 Å². The van der Waals surface area contributed by atoms with E-state index in [1.165, 1.54) is 42.5 Å². The Bertz CT molecular complexity index is 1440. The third-order valence-corrected chi connectivity index (χ3v) is 7.82. The first-order valence-electron chi connectivity index (χ1n) is 13.3. The lowest BCUT2D eigenvalue weighted by Gasteiger charge is -2.22. The van der Waals surface area contributed by atoms with Crippen LogP contribution in [0, 0.1) is 27.8 Å². The van der Waals surface area contributed by atoms with E-state index in [1.54, 1.807) is 46.2 Å². The minimum Gasteiger partial charge on any atom is -0.339 e. The molecule has 5 rings (SSSR count). The summed E-state index contributed by atoms with van der Waals surface area (Å²) in [4.78, 5) is 40.5. The number of halogens is 2. The van der Waals surface area contributed by atoms with Crippen LogP contribution in [0.4, 0.5) is 14.5 Å². The van der Waals surface area contributed by atoms with Gasteiger partial charge in [0.25, 0.3) is 11.6 Å². The topological polar surface area (TPSA) is 83.8 Å². The molecule has 7 nitrogen and oxygen atoms in total. The minimum atomic E-state index is -1.54. The van der Waals surface area contributed by atoms with Crippen molar-refractivity contribution in [3.05, 3.63) is 117 Å². The van der Waals surface area contributed by atoms with Gasteiger partial charge in [-0.05, 0) is 72.2 Å². The highest BCUT2D eigenvalue weighted by molar-refractivity contribution is 5.94. The van der Waals surface area contributed by atoms with E-state index in [1.807, 2.05) is 0 Å². The monoisotopic (exact) mass is 545 g/mol. The second kappa shape index (κ2) is 11.8. The van der Waals surface area contributed by atoms with Crippen LogP contribution in [0.25, 0.3) is 6.08 Å². The summed E-state index contributed by atoms with van der Waals surface area (Å²) in [6.45, 7) is 2.20. The van der Waals surface area contributed by atoms with Crippen molar-refractivity contribution in [1.82, 2.24) is 9.80 Å². The highest BCUT2D eigenvalue weighted by Crippen LogP contribution is 2.33. The Labute approximate surface area is 230 Å². The van der Waals surface area contributed by atoms with E-state index in [2.05, 4.69) is 0 Å². The SMILES string of the molecule is O=C(/C=C/c1ccccc1[N+](=O)[O-])N1C[C@H]2CCN(C(=O)c3cccc(C(F)c4cccc(F)c4)c3)CC[C@H]2C1. The van der Waals surface area contributed by atoms with Gasteiger partial charge in [0.2, 0.25) is 5.91 Å². The Morgan fingerprint density at radius 2 is 1.55 bits per heavy atom. The molecule has 1 unspecified atom stereocenters. The van der Waals surface area contributed by atoms with Crippen molar-refractivity contribution in [2.75, 3.05) is 26.2 Å². The number of rotatable bonds is 6. The molecule has 0 radical (unpaired) electrons. The molecule has 0 bridgehead atoms. The summed E-state index contributed by atoms with van der Waals surface area (Å²) in [5.74, 6) is -0.380. The molecular formula is C31H29F2N3O4. The smallest absolute Gasteiger partial charge is 0.276 e. The summed E-state index contributed by atoms with van der Waals surface area (Å²) in [6.07, 6.45) is 2.81. The van der Waals surface area contributed by atoms with Crippen molar-refractivity contribution in [2.45, 2.75) is 19.0 Å². The van der Waals surface area contributed by atoms with Crippen LogP contribution in [0.1, 0.15) is 46.1 Å². The molecule has 2 aliphatic rings. The Kier molecular flexibility index (Phi) is 8.00. The van der Waals surface area contributed by atoms with E-state index in [9.17, 15) is 24.1 Å². The quantitative estimate of drug-likeness (QED) is 0.222. The normalized spacial score (nSPS) is 19.8. The first-order valence-corrected chi connectivity index (χ1v) is 13.3. The summed E-state index contributed by atoms with van der Waals surface area (Å²) >= 11 is 0. The highest BCUT2D eigenvalue weighted by Gasteiger charge is 2.37. The third-order valence-electron chi connectivity index (χ3n) is 7.82. The first-order chi connectivity index (χ1) is 19.3. The lowest BCUT2D eigenvalue weighted by Crippen LogP contribution is -2.33. The lowest BCUT2D eigenvalue weighted by atomic mass is 9.92. The molecule has 2 saturated heterocycles. The van der Waals surface area contributed by atoms with Crippen LogP contribution in [0.15, 0.2) is 78.9 Å². The number of amides is 2. The predicted octanol–water partition coefficient (Wildman–Crippen LogP) is 5.82. The average Bonchev–Trinajstić information content (AvgIpc) is 3.28. The van der Waals surface area contributed by atoms with Gasteiger partial charge in [-0.1, -0.05) is 36.4 Å². The lowest BCUT2D eigenvalue weighted by molar-refractivity contribution is -0.385. The molecule has 2 amide bonds. The average molecular weight is 546 g/mol. The van der Waals surface area contributed by atoms with Crippen molar-refractivity contribution < 1.29 is 23.3 Å². The number of nitrogens with zero attached hydrogens (tertiary/aromatic N) is 3. The fraction of sp³-hybridized carbons (Fsp3) is 0.290. The van der Waals surface area contributed by atoms with Gasteiger partial charge in [-0.3, -0.25) is 19.7 Å². The van der Waals surface area contributed by atoms with Crippen molar-refractivity contribution >= 4 is 23.6 Å². The van der Waals surface area contributed by atoms with Crippen LogP contribution in [-0.2, 0) is 4.79 Å². The van der Waals surface area contributed by atoms with Gasteiger partial charge in [0, 0.05) is 43.9 Å². The molecular weight excluding hydrogens is 516 g/mol. The largest absolute Gasteiger partial charge is 0.339 e. The number of hydrogen-bond donors (Lipinski definition) is 0. The van der Waals surface area contributed by atoms with Gasteiger partial charge in [0.1, 0.15) is 5.82 Å². The number of benzene rings is 3. The predicted molar refractivity (Wildman–Crippen MR) is 147 cm³/mol. The molecule has 3 aromatic carbocycles. The van der Waals surface area contributed by atoms with Gasteiger partial charge in [-0.25, -0.2) is 8.78 Å². The molecule has 0 aromatic heterocycles. The van der Waals surface area contributed by atoms with Gasteiger partial charge in [-0.2, -0.15) is 0 Å². The zero-order chi connectivity index (χ0) is 28.2. The molecule has 0 aliphatic carbocycles. The zero-order valence-electron chi connectivity index (χ0n) is 21.8. The van der Waals surface area contributed by atoms with Crippen molar-refractivity contribution in [3.8, 4) is 0 Å². The first kappa shape index (κ1) is 27.2. The number of carbonyl (C=O) groups excluding carboxylic acids is 2. The third kappa shape index (κ3) is 5.93. The van der Waals surface area contributed by atoms with Crippen molar-refractivity contribution in [2.24, 2.45) is 11.8 Å². The van der Waals surface area contributed by atoms with Gasteiger partial charge >= 0.3 is 0 Å². The van der Waals surface area contributed by atoms with Crippen LogP contribution in [0.3, 0.4) is 0 Å². The maximum absolute atomic E-state index is 15.1. The highest BCUT2D eigenvalue weighted by atomic mass is 19.1. The Hall–Kier alpha value is -4.40. The molecule has 0 spiro atoms. The van der Waals surface area contributed by atoms with Crippen LogP contribution >= 0.6 is 0 Å². The molecule has 3 atom stereocenters. The number of likely N-dealkylation sites (tertiary alicyclic amines) is 2. The molecule has 2 heterocycles. The summed E-state index contributed by atoms with van der Waals surface area (Å²) < 4.78 is 28.7. The number of carbonyl (C=O) groups is 2. The molecule has 2 fully saturated rings. The molecule has 0 saturated carbocycles. The number of alkyl halides is 1. The number of hydrogen-bond acceptors (Lipinski definition) is 4. The Balaban J connectivity index is 1.20. The van der Waals surface area contributed by atoms with Gasteiger partial charge < -0.3 is 9.80 Å². The van der Waals surface area contributed by atoms with Crippen LogP contribution in [0.5, 0.6) is 0 Å². The summed E-state index contributed by atoms with van der Waals surface area (Å²) in [5.41, 5.74) is 1.21. The van der Waals surface area contributed by atoms with E-state index in [0.29, 0.717) is 42.9 Å². The fourth-order valence-electron chi connectivity index (χ4n) is 5.66. The number of para-hydroxylation sites is 1. The zero-order valence-corrected chi connectivity index (χ0v) is 21.8. The van der Waals surface area contributed by atoms with Crippen molar-refractivity contribution in [1.29, 1.82) is 0 Å². The van der Waals surface area contributed by atoms with E-state index < -0.39 is 16.9 Å². The second-order valence-corrected chi connectivity index (χ2v) is 10.3. The summed E-state index contributed by atoms with van der Waals surface area (Å²) in [5, 5.41) is 11.2. The summed E-state index contributed by atoms with van der Waals surface area (Å²) in [6, 6.07) is 18.1. The number of nitro groups is 1. The molecule has 0 N–H and O–H groups in total. The second-order valence-electron chi connectivity index (χ2n) is 10.3. The maximum atomic E-state index is 15.1. The van der Waals surface area contributed by atoms with E-state index in [-0.39, 0.29) is 34.9 Å². The van der Waals surface area contributed by atoms with Gasteiger partial charge in [0.05, 0.1) is 10.5 Å². The van der Waals surface area contributed by atoms with Gasteiger partial charge in [-0.15, -0.1) is 0 Å². The molecule has 2 aliphatic heterocycles. The van der Waals surface area contributed by atoms with Gasteiger partial charge in [0.15, 0.2) is 6.17 Å². The molecule has 3 aromatic rings. The fourth-order valence-corrected chi connectivity index (χ4v) is 5.66. The molecule has 40 heavy (non-hydrogen) atoms. The number of fused-ring (bicyclic) bond motifs is 1. The molecule has 9 heteroatoms. The molecule has 206 valence electrons. The maximum Gasteiger partial charge on any atom is 0.276 e. The van der Waals surface area contributed by atoms with E-state index in [4.69, 9.17) is 0 Å². The van der Waals surface area contributed by atoms with Crippen LogP contribution in [0.2, 0.25) is 0 Å². The summed E-state index contributed by atoms with van der Waals surface area (Å²) in [7, 11) is 0. The van der Waals surface area contributed by atoms with Crippen LogP contribution in [-0.4, -0.2) is 52.7 Å². The van der Waals surface area contributed by atoms with E-state index >= 15 is 4.39 Å². The standard InChI is InChI=1S/C31H29F2N3O4/c32-27-9-4-7-23(18-27)30(33)22-6-3-8-24(17-22)31(38)34-15-13-25-19-35(20-26(25)14-16-34)29(37)12-11-21-5-1-2-10-28(21)36(39)40/h1-12,17-18,25-26,30H,13-16,19-20H2/b12-11+/t25-,26+,30?. The Morgan fingerprint density at radius 1 is 0.900 bits per heavy atom. The Morgan fingerprint density at radius 3 is 2.23 bits per heavy atom. The minimum absolute atomic E-state index is 0.0515. The number of nitro benzene ring substituents is 1. The van der Waals surface area contributed by atoms with Crippen LogP contribution < -0.4 is 0 Å². The van der Waals surface area contributed by atoms with Crippen molar-refractivity contribution in [3.63, 3.8) is 0 Å².